The van der Waals surface area contributed by atoms with Crippen LogP contribution in [0.4, 0.5) is 20.6 Å². The fourth-order valence-electron chi connectivity index (χ4n) is 4.04. The van der Waals surface area contributed by atoms with E-state index < -0.39 is 0 Å². The lowest BCUT2D eigenvalue weighted by Crippen LogP contribution is -2.64. The van der Waals surface area contributed by atoms with Crippen LogP contribution in [0.2, 0.25) is 0 Å². The van der Waals surface area contributed by atoms with Gasteiger partial charge >= 0.3 is 6.03 Å². The molecule has 2 saturated heterocycles. The number of likely N-dealkylation sites (N-methyl/N-ethyl adjacent to an activating group) is 1. The number of likely N-dealkylation sites (tertiary alicyclic amines) is 1. The van der Waals surface area contributed by atoms with Crippen LogP contribution in [0.15, 0.2) is 54.6 Å². The third-order valence-corrected chi connectivity index (χ3v) is 5.70. The van der Waals surface area contributed by atoms with E-state index in [9.17, 15) is 14.0 Å². The molecule has 1 spiro atoms. The van der Waals surface area contributed by atoms with E-state index in [1.54, 1.807) is 17.0 Å². The molecule has 0 unspecified atom stereocenters. The number of hydrogen-bond donors (Lipinski definition) is 1. The van der Waals surface area contributed by atoms with Crippen LogP contribution < -0.4 is 10.2 Å². The summed E-state index contributed by atoms with van der Waals surface area (Å²) in [6.45, 7) is 1.95. The second-order valence-corrected chi connectivity index (χ2v) is 7.51. The quantitative estimate of drug-likeness (QED) is 0.869. The second-order valence-electron chi connectivity index (χ2n) is 7.51. The van der Waals surface area contributed by atoms with Crippen molar-refractivity contribution in [2.24, 2.45) is 0 Å². The minimum Gasteiger partial charge on any atom is -0.323 e. The topological polar surface area (TPSA) is 55.9 Å². The first kappa shape index (κ1) is 18.4. The van der Waals surface area contributed by atoms with Gasteiger partial charge in [-0.1, -0.05) is 24.3 Å². The molecule has 6 nitrogen and oxygen atoms in total. The summed E-state index contributed by atoms with van der Waals surface area (Å²) in [6.07, 6.45) is 0.774. The standard InChI is InChI=1S/C21H23FN4O2/c1-24-13-19(27)26(18-8-3-2-4-9-18)15-21(24)10-11-25(14-21)20(28)23-17-7-5-6-16(22)12-17/h2-9,12H,10-11,13-15H2,1H3,(H,23,28)/t21-/m1/s1. The fourth-order valence-corrected chi connectivity index (χ4v) is 4.04. The highest BCUT2D eigenvalue weighted by Gasteiger charge is 2.48. The lowest BCUT2D eigenvalue weighted by molar-refractivity contribution is -0.123. The van der Waals surface area contributed by atoms with E-state index in [1.165, 1.54) is 12.1 Å². The van der Waals surface area contributed by atoms with Gasteiger partial charge in [0.15, 0.2) is 0 Å². The number of anilines is 2. The monoisotopic (exact) mass is 382 g/mol. The summed E-state index contributed by atoms with van der Waals surface area (Å²) in [6, 6.07) is 15.2. The molecule has 7 heteroatoms. The molecule has 28 heavy (non-hydrogen) atoms. The van der Waals surface area contributed by atoms with Crippen LogP contribution >= 0.6 is 0 Å². The third kappa shape index (κ3) is 3.45. The largest absolute Gasteiger partial charge is 0.323 e. The summed E-state index contributed by atoms with van der Waals surface area (Å²) in [5.74, 6) is -0.332. The van der Waals surface area contributed by atoms with Crippen LogP contribution in [0.5, 0.6) is 0 Å². The highest BCUT2D eigenvalue weighted by atomic mass is 19.1. The maximum atomic E-state index is 13.4. The molecule has 1 N–H and O–H groups in total. The normalized spacial score (nSPS) is 22.7. The first-order valence-electron chi connectivity index (χ1n) is 9.35. The number of carbonyl (C=O) groups excluding carboxylic acids is 2. The van der Waals surface area contributed by atoms with Crippen molar-refractivity contribution in [3.05, 3.63) is 60.4 Å². The molecule has 1 atom stereocenters. The predicted octanol–water partition coefficient (Wildman–Crippen LogP) is 2.78. The zero-order valence-electron chi connectivity index (χ0n) is 15.8. The molecular formula is C21H23FN4O2. The van der Waals surface area contributed by atoms with Gasteiger partial charge in [-0.15, -0.1) is 0 Å². The number of hydrogen-bond acceptors (Lipinski definition) is 3. The summed E-state index contributed by atoms with van der Waals surface area (Å²) in [7, 11) is 1.94. The van der Waals surface area contributed by atoms with Crippen LogP contribution in [-0.4, -0.2) is 60.5 Å². The molecule has 2 heterocycles. The number of nitrogens with zero attached hydrogens (tertiary/aromatic N) is 3. The molecule has 0 saturated carbocycles. The highest BCUT2D eigenvalue weighted by molar-refractivity contribution is 5.96. The maximum absolute atomic E-state index is 13.4. The highest BCUT2D eigenvalue weighted by Crippen LogP contribution is 2.33. The Balaban J connectivity index is 1.49. The molecule has 0 aliphatic carbocycles. The lowest BCUT2D eigenvalue weighted by atomic mass is 9.92. The number of halogens is 1. The minimum atomic E-state index is -0.389. The predicted molar refractivity (Wildman–Crippen MR) is 106 cm³/mol. The van der Waals surface area contributed by atoms with Gasteiger partial charge in [-0.25, -0.2) is 9.18 Å². The summed E-state index contributed by atoms with van der Waals surface area (Å²) in [4.78, 5) is 30.9. The van der Waals surface area contributed by atoms with Gasteiger partial charge in [-0.05, 0) is 43.8 Å². The molecule has 2 fully saturated rings. The SMILES string of the molecule is CN1CC(=O)N(c2ccccc2)C[C@]12CCN(C(=O)Nc1cccc(F)c1)C2. The van der Waals surface area contributed by atoms with Gasteiger partial charge in [-0.2, -0.15) is 0 Å². The molecule has 3 amide bonds. The van der Waals surface area contributed by atoms with Crippen LogP contribution in [0.3, 0.4) is 0 Å². The van der Waals surface area contributed by atoms with Gasteiger partial charge in [0.05, 0.1) is 12.1 Å². The summed E-state index contributed by atoms with van der Waals surface area (Å²) >= 11 is 0. The Morgan fingerprint density at radius 1 is 1.11 bits per heavy atom. The third-order valence-electron chi connectivity index (χ3n) is 5.70. The molecule has 2 aromatic carbocycles. The average Bonchev–Trinajstić information content (AvgIpc) is 3.11. The molecule has 0 radical (unpaired) electrons. The second kappa shape index (κ2) is 7.24. The van der Waals surface area contributed by atoms with Gasteiger partial charge in [0.1, 0.15) is 5.82 Å². The summed E-state index contributed by atoms with van der Waals surface area (Å²) in [5.41, 5.74) is 1.02. The van der Waals surface area contributed by atoms with E-state index in [0.717, 1.165) is 12.1 Å². The Morgan fingerprint density at radius 2 is 1.89 bits per heavy atom. The zero-order chi connectivity index (χ0) is 19.7. The van der Waals surface area contributed by atoms with E-state index in [0.29, 0.717) is 31.9 Å². The number of piperazine rings is 1. The van der Waals surface area contributed by atoms with Crippen molar-refractivity contribution in [1.82, 2.24) is 9.80 Å². The Labute approximate surface area is 163 Å². The molecule has 4 rings (SSSR count). The number of nitrogens with one attached hydrogen (secondary N) is 1. The van der Waals surface area contributed by atoms with E-state index in [2.05, 4.69) is 10.2 Å². The lowest BCUT2D eigenvalue weighted by Gasteiger charge is -2.46. The molecular weight excluding hydrogens is 359 g/mol. The Bertz CT molecular complexity index is 891. The number of urea groups is 1. The Hall–Kier alpha value is -2.93. The smallest absolute Gasteiger partial charge is 0.321 e. The van der Waals surface area contributed by atoms with E-state index in [4.69, 9.17) is 0 Å². The first-order valence-corrected chi connectivity index (χ1v) is 9.35. The van der Waals surface area contributed by atoms with Gasteiger partial charge in [0.25, 0.3) is 0 Å². The van der Waals surface area contributed by atoms with Gasteiger partial charge < -0.3 is 15.1 Å². The van der Waals surface area contributed by atoms with Gasteiger partial charge in [-0.3, -0.25) is 9.69 Å². The number of amides is 3. The zero-order valence-corrected chi connectivity index (χ0v) is 15.8. The number of rotatable bonds is 2. The molecule has 2 aliphatic rings. The van der Waals surface area contributed by atoms with Crippen molar-refractivity contribution in [3.63, 3.8) is 0 Å². The van der Waals surface area contributed by atoms with Crippen molar-refractivity contribution in [1.29, 1.82) is 0 Å². The number of para-hydroxylation sites is 1. The van der Waals surface area contributed by atoms with Crippen molar-refractivity contribution in [2.75, 3.05) is 43.4 Å². The summed E-state index contributed by atoms with van der Waals surface area (Å²) in [5, 5.41) is 2.76. The van der Waals surface area contributed by atoms with Crippen molar-refractivity contribution >= 4 is 23.3 Å². The van der Waals surface area contributed by atoms with Crippen LogP contribution in [0, 0.1) is 5.82 Å². The average molecular weight is 382 g/mol. The molecule has 2 aliphatic heterocycles. The number of carbonyl (C=O) groups is 2. The minimum absolute atomic E-state index is 0.0574. The molecule has 2 aromatic rings. The van der Waals surface area contributed by atoms with E-state index in [1.807, 2.05) is 42.3 Å². The van der Waals surface area contributed by atoms with Gasteiger partial charge in [0, 0.05) is 31.0 Å². The van der Waals surface area contributed by atoms with E-state index >= 15 is 0 Å². The van der Waals surface area contributed by atoms with Crippen LogP contribution in [0.1, 0.15) is 6.42 Å². The van der Waals surface area contributed by atoms with Gasteiger partial charge in [0.2, 0.25) is 5.91 Å². The molecule has 0 aromatic heterocycles. The first-order chi connectivity index (χ1) is 13.5. The maximum Gasteiger partial charge on any atom is 0.321 e. The molecule has 146 valence electrons. The fraction of sp³-hybridized carbons (Fsp3) is 0.333. The van der Waals surface area contributed by atoms with Crippen molar-refractivity contribution < 1.29 is 14.0 Å². The number of benzene rings is 2. The van der Waals surface area contributed by atoms with Crippen molar-refractivity contribution in [3.8, 4) is 0 Å². The van der Waals surface area contributed by atoms with Crippen molar-refractivity contribution in [2.45, 2.75) is 12.0 Å². The Morgan fingerprint density at radius 3 is 2.64 bits per heavy atom. The van der Waals surface area contributed by atoms with Crippen LogP contribution in [-0.2, 0) is 4.79 Å². The summed E-state index contributed by atoms with van der Waals surface area (Å²) < 4.78 is 13.4. The van der Waals surface area contributed by atoms with Crippen LogP contribution in [0.25, 0.3) is 0 Å². The Kier molecular flexibility index (Phi) is 4.77. The molecule has 0 bridgehead atoms. The van der Waals surface area contributed by atoms with E-state index in [-0.39, 0.29) is 23.3 Å².